The van der Waals surface area contributed by atoms with Crippen LogP contribution in [0.15, 0.2) is 0 Å². The number of hydrogen-bond acceptors (Lipinski definition) is 1. The molecule has 0 aromatic carbocycles. The van der Waals surface area contributed by atoms with E-state index in [4.69, 9.17) is 0 Å². The zero-order chi connectivity index (χ0) is 11.8. The molecule has 0 radical (unpaired) electrons. The average molecular weight is 223 g/mol. The fraction of sp³-hybridized carbons (Fsp3) is 0.929. The van der Waals surface area contributed by atoms with Gasteiger partial charge in [0, 0.05) is 12.0 Å². The van der Waals surface area contributed by atoms with Crippen LogP contribution >= 0.6 is 0 Å². The second-order valence-corrected chi connectivity index (χ2v) is 6.75. The minimum Gasteiger partial charge on any atom is -0.353 e. The van der Waals surface area contributed by atoms with Crippen molar-refractivity contribution in [1.29, 1.82) is 0 Å². The van der Waals surface area contributed by atoms with E-state index >= 15 is 0 Å². The van der Waals surface area contributed by atoms with E-state index in [0.717, 1.165) is 25.2 Å². The van der Waals surface area contributed by atoms with Crippen molar-refractivity contribution in [1.82, 2.24) is 5.32 Å². The van der Waals surface area contributed by atoms with Crippen molar-refractivity contribution < 1.29 is 4.79 Å². The van der Waals surface area contributed by atoms with Gasteiger partial charge in [0.05, 0.1) is 0 Å². The van der Waals surface area contributed by atoms with Crippen LogP contribution in [-0.4, -0.2) is 11.9 Å². The topological polar surface area (TPSA) is 29.1 Å². The molecule has 0 saturated heterocycles. The van der Waals surface area contributed by atoms with E-state index in [-0.39, 0.29) is 0 Å². The summed E-state index contributed by atoms with van der Waals surface area (Å²) in [6.07, 6.45) is 7.07. The van der Waals surface area contributed by atoms with Gasteiger partial charge in [-0.05, 0) is 43.4 Å². The van der Waals surface area contributed by atoms with Crippen molar-refractivity contribution >= 4 is 5.91 Å². The maximum Gasteiger partial charge on any atom is 0.223 e. The fourth-order valence-electron chi connectivity index (χ4n) is 3.45. The third-order valence-corrected chi connectivity index (χ3v) is 4.21. The molecule has 0 unspecified atom stereocenters. The molecular formula is C14H25NO. The molecule has 0 spiro atoms. The van der Waals surface area contributed by atoms with Gasteiger partial charge in [0.25, 0.3) is 0 Å². The Bertz CT molecular complexity index is 268. The van der Waals surface area contributed by atoms with Crippen LogP contribution in [0.5, 0.6) is 0 Å². The lowest BCUT2D eigenvalue weighted by atomic mass is 9.70. The quantitative estimate of drug-likeness (QED) is 0.765. The Kier molecular flexibility index (Phi) is 3.27. The van der Waals surface area contributed by atoms with E-state index in [9.17, 15) is 4.79 Å². The molecule has 2 fully saturated rings. The van der Waals surface area contributed by atoms with Crippen molar-refractivity contribution in [2.75, 3.05) is 0 Å². The number of hydrogen-bond donors (Lipinski definition) is 1. The number of carbonyl (C=O) groups excluding carboxylic acids is 1. The molecule has 0 bridgehead atoms. The first-order valence-electron chi connectivity index (χ1n) is 6.77. The van der Waals surface area contributed by atoms with Crippen LogP contribution in [0.25, 0.3) is 0 Å². The summed E-state index contributed by atoms with van der Waals surface area (Å²) in [4.78, 5) is 11.9. The van der Waals surface area contributed by atoms with Gasteiger partial charge in [-0.3, -0.25) is 4.79 Å². The van der Waals surface area contributed by atoms with E-state index in [1.54, 1.807) is 0 Å². The van der Waals surface area contributed by atoms with Gasteiger partial charge in [-0.2, -0.15) is 0 Å². The predicted molar refractivity (Wildman–Crippen MR) is 66.1 cm³/mol. The molecule has 92 valence electrons. The molecule has 0 heterocycles. The first-order chi connectivity index (χ1) is 7.46. The summed E-state index contributed by atoms with van der Waals surface area (Å²) >= 11 is 0. The summed E-state index contributed by atoms with van der Waals surface area (Å²) in [5.74, 6) is 1.40. The summed E-state index contributed by atoms with van der Waals surface area (Å²) < 4.78 is 0. The standard InChI is InChI=1S/C14H25NO/c1-10-7-12(9-14(2,3)8-10)15-13(16)11-5-4-6-11/h10-12H,4-9H2,1-3H3,(H,15,16)/t10-,12+/m1/s1. The Morgan fingerprint density at radius 3 is 2.44 bits per heavy atom. The highest BCUT2D eigenvalue weighted by Crippen LogP contribution is 2.38. The molecule has 1 amide bonds. The second-order valence-electron chi connectivity index (χ2n) is 6.75. The number of nitrogens with one attached hydrogen (secondary N) is 1. The third-order valence-electron chi connectivity index (χ3n) is 4.21. The minimum absolute atomic E-state index is 0.321. The van der Waals surface area contributed by atoms with Crippen molar-refractivity contribution in [2.24, 2.45) is 17.3 Å². The first kappa shape index (κ1) is 11.9. The lowest BCUT2D eigenvalue weighted by Gasteiger charge is -2.40. The maximum atomic E-state index is 11.9. The smallest absolute Gasteiger partial charge is 0.223 e. The molecule has 1 N–H and O–H groups in total. The van der Waals surface area contributed by atoms with Crippen LogP contribution in [0.1, 0.15) is 59.3 Å². The molecule has 0 aromatic rings. The Morgan fingerprint density at radius 2 is 1.94 bits per heavy atom. The van der Waals surface area contributed by atoms with Crippen LogP contribution in [-0.2, 0) is 4.79 Å². The van der Waals surface area contributed by atoms with E-state index in [1.807, 2.05) is 0 Å². The van der Waals surface area contributed by atoms with Gasteiger partial charge in [-0.1, -0.05) is 27.2 Å². The Morgan fingerprint density at radius 1 is 1.25 bits per heavy atom. The Labute approximate surface area is 99.2 Å². The van der Waals surface area contributed by atoms with Gasteiger partial charge in [0.2, 0.25) is 5.91 Å². The zero-order valence-electron chi connectivity index (χ0n) is 10.9. The molecule has 0 aliphatic heterocycles. The van der Waals surface area contributed by atoms with Crippen molar-refractivity contribution in [3.63, 3.8) is 0 Å². The lowest BCUT2D eigenvalue weighted by molar-refractivity contribution is -0.128. The lowest BCUT2D eigenvalue weighted by Crippen LogP contribution is -2.46. The van der Waals surface area contributed by atoms with Gasteiger partial charge in [-0.15, -0.1) is 0 Å². The van der Waals surface area contributed by atoms with Crippen LogP contribution in [0.4, 0.5) is 0 Å². The summed E-state index contributed by atoms with van der Waals surface area (Å²) in [6.45, 7) is 6.96. The van der Waals surface area contributed by atoms with E-state index in [0.29, 0.717) is 23.3 Å². The van der Waals surface area contributed by atoms with Crippen LogP contribution < -0.4 is 5.32 Å². The second kappa shape index (κ2) is 4.38. The molecule has 2 saturated carbocycles. The normalized spacial score (nSPS) is 34.2. The molecule has 2 nitrogen and oxygen atoms in total. The monoisotopic (exact) mass is 223 g/mol. The van der Waals surface area contributed by atoms with Crippen LogP contribution in [0.2, 0.25) is 0 Å². The SMILES string of the molecule is C[C@@H]1C[C@H](NC(=O)C2CCC2)CC(C)(C)C1. The molecule has 2 heteroatoms. The highest BCUT2D eigenvalue weighted by atomic mass is 16.2. The van der Waals surface area contributed by atoms with Gasteiger partial charge in [0.15, 0.2) is 0 Å². The molecule has 0 aromatic heterocycles. The Hall–Kier alpha value is -0.530. The van der Waals surface area contributed by atoms with Crippen LogP contribution in [0.3, 0.4) is 0 Å². The minimum atomic E-state index is 0.321. The van der Waals surface area contributed by atoms with Gasteiger partial charge < -0.3 is 5.32 Å². The molecule has 2 aliphatic rings. The summed E-state index contributed by atoms with van der Waals surface area (Å²) in [7, 11) is 0. The van der Waals surface area contributed by atoms with Gasteiger partial charge in [0.1, 0.15) is 0 Å². The van der Waals surface area contributed by atoms with E-state index < -0.39 is 0 Å². The van der Waals surface area contributed by atoms with Crippen LogP contribution in [0, 0.1) is 17.3 Å². The zero-order valence-corrected chi connectivity index (χ0v) is 10.9. The fourth-order valence-corrected chi connectivity index (χ4v) is 3.45. The molecule has 2 rings (SSSR count). The molecule has 2 aliphatic carbocycles. The van der Waals surface area contributed by atoms with E-state index in [2.05, 4.69) is 26.1 Å². The molecule has 16 heavy (non-hydrogen) atoms. The number of amides is 1. The summed E-state index contributed by atoms with van der Waals surface area (Å²) in [5, 5.41) is 3.27. The Balaban J connectivity index is 1.86. The average Bonchev–Trinajstić information content (AvgIpc) is 1.94. The highest BCUT2D eigenvalue weighted by Gasteiger charge is 2.34. The van der Waals surface area contributed by atoms with Gasteiger partial charge in [-0.25, -0.2) is 0 Å². The third kappa shape index (κ3) is 2.78. The number of carbonyl (C=O) groups is 1. The largest absolute Gasteiger partial charge is 0.353 e. The molecule has 2 atom stereocenters. The highest BCUT2D eigenvalue weighted by molar-refractivity contribution is 5.79. The first-order valence-corrected chi connectivity index (χ1v) is 6.77. The number of rotatable bonds is 2. The maximum absolute atomic E-state index is 11.9. The summed E-state index contributed by atoms with van der Waals surface area (Å²) in [6, 6.07) is 0.423. The summed E-state index contributed by atoms with van der Waals surface area (Å²) in [5.41, 5.74) is 0.398. The molecular weight excluding hydrogens is 198 g/mol. The van der Waals surface area contributed by atoms with E-state index in [1.165, 1.54) is 19.3 Å². The van der Waals surface area contributed by atoms with Crippen molar-refractivity contribution in [3.8, 4) is 0 Å². The van der Waals surface area contributed by atoms with Gasteiger partial charge >= 0.3 is 0 Å². The van der Waals surface area contributed by atoms with Crippen molar-refractivity contribution in [3.05, 3.63) is 0 Å². The predicted octanol–water partition coefficient (Wildman–Crippen LogP) is 3.12. The van der Waals surface area contributed by atoms with Crippen molar-refractivity contribution in [2.45, 2.75) is 65.3 Å².